The number of hydrogen-bond acceptors (Lipinski definition) is 0. The maximum atomic E-state index is 2.56. The van der Waals surface area contributed by atoms with E-state index in [1.165, 1.54) is 154 Å². The molecule has 0 nitrogen and oxygen atoms in total. The normalized spacial score (nSPS) is 11.3. The summed E-state index contributed by atoms with van der Waals surface area (Å²) < 4.78 is 0. The van der Waals surface area contributed by atoms with Crippen molar-refractivity contribution >= 4 is 0 Å². The van der Waals surface area contributed by atoms with Gasteiger partial charge in [-0.05, 0) is 6.42 Å². The molecular formula is C27H55. The maximum Gasteiger partial charge on any atom is -0.0386 e. The quantitative estimate of drug-likeness (QED) is 0.146. The molecule has 0 N–H and O–H groups in total. The molecule has 0 heterocycles. The highest BCUT2D eigenvalue weighted by atomic mass is 14.0. The second-order valence-electron chi connectivity index (χ2n) is 8.94. The highest BCUT2D eigenvalue weighted by Gasteiger charge is 1.96. The van der Waals surface area contributed by atoms with Gasteiger partial charge in [-0.3, -0.25) is 0 Å². The first-order valence-corrected chi connectivity index (χ1v) is 13.2. The zero-order valence-electron chi connectivity index (χ0n) is 19.5. The van der Waals surface area contributed by atoms with Crippen molar-refractivity contribution < 1.29 is 0 Å². The molecule has 0 aliphatic heterocycles. The minimum atomic E-state index is 1.37. The Kier molecular flexibility index (Phi) is 26.0. The van der Waals surface area contributed by atoms with Crippen LogP contribution in [-0.2, 0) is 0 Å². The lowest BCUT2D eigenvalue weighted by molar-refractivity contribution is 0.530. The number of unbranched alkanes of at least 4 members (excludes halogenated alkanes) is 24. The molecule has 0 unspecified atom stereocenters. The van der Waals surface area contributed by atoms with E-state index in [9.17, 15) is 0 Å². The summed E-state index contributed by atoms with van der Waals surface area (Å²) in [6, 6.07) is 0. The van der Waals surface area contributed by atoms with E-state index in [0.29, 0.717) is 0 Å². The van der Waals surface area contributed by atoms with Crippen LogP contribution in [0.3, 0.4) is 0 Å². The Bertz CT molecular complexity index is 208. The van der Waals surface area contributed by atoms with Crippen molar-refractivity contribution in [3.05, 3.63) is 6.42 Å². The van der Waals surface area contributed by atoms with Crippen LogP contribution in [0.4, 0.5) is 0 Å². The lowest BCUT2D eigenvalue weighted by atomic mass is 10.0. The van der Waals surface area contributed by atoms with Crippen LogP contribution in [0.1, 0.15) is 168 Å². The van der Waals surface area contributed by atoms with Crippen LogP contribution in [0.5, 0.6) is 0 Å². The molecule has 0 aromatic carbocycles. The van der Waals surface area contributed by atoms with Gasteiger partial charge in [0.2, 0.25) is 0 Å². The fourth-order valence-corrected chi connectivity index (χ4v) is 4.05. The molecule has 0 saturated heterocycles. The molecule has 0 saturated carbocycles. The average molecular weight is 380 g/mol. The topological polar surface area (TPSA) is 0 Å². The standard InChI is InChI=1S/C27H55/c1-3-5-7-9-11-13-15-17-19-21-23-25-27-26-24-22-20-18-16-14-12-10-8-6-4-2/h19H,3-18,20-27H2,1-2H3. The molecule has 1 radical (unpaired) electrons. The first-order chi connectivity index (χ1) is 13.4. The molecule has 0 rings (SSSR count). The monoisotopic (exact) mass is 379 g/mol. The van der Waals surface area contributed by atoms with E-state index in [1.54, 1.807) is 0 Å². The van der Waals surface area contributed by atoms with Gasteiger partial charge in [-0.1, -0.05) is 168 Å². The van der Waals surface area contributed by atoms with E-state index >= 15 is 0 Å². The molecule has 0 aliphatic rings. The lowest BCUT2D eigenvalue weighted by Crippen LogP contribution is -1.85. The summed E-state index contributed by atoms with van der Waals surface area (Å²) in [5, 5.41) is 0. The van der Waals surface area contributed by atoms with Gasteiger partial charge < -0.3 is 0 Å². The van der Waals surface area contributed by atoms with Gasteiger partial charge in [-0.15, -0.1) is 0 Å². The Morgan fingerprint density at radius 1 is 0.296 bits per heavy atom. The predicted molar refractivity (Wildman–Crippen MR) is 126 cm³/mol. The van der Waals surface area contributed by atoms with E-state index in [1.807, 2.05) is 0 Å². The van der Waals surface area contributed by atoms with Crippen LogP contribution in [0.15, 0.2) is 0 Å². The zero-order valence-corrected chi connectivity index (χ0v) is 19.5. The SMILES string of the molecule is CCCCCCCCC[CH]CCCCCCCCCCCCCCCCC. The van der Waals surface area contributed by atoms with Crippen molar-refractivity contribution in [1.29, 1.82) is 0 Å². The van der Waals surface area contributed by atoms with E-state index < -0.39 is 0 Å². The minimum absolute atomic E-state index is 1.37. The van der Waals surface area contributed by atoms with E-state index in [4.69, 9.17) is 0 Å². The van der Waals surface area contributed by atoms with Gasteiger partial charge in [0.05, 0.1) is 0 Å². The smallest absolute Gasteiger partial charge is 0.0386 e. The van der Waals surface area contributed by atoms with Crippen LogP contribution in [0.25, 0.3) is 0 Å². The molecule has 0 aromatic heterocycles. The van der Waals surface area contributed by atoms with Crippen molar-refractivity contribution in [1.82, 2.24) is 0 Å². The second kappa shape index (κ2) is 26.0. The van der Waals surface area contributed by atoms with Crippen molar-refractivity contribution in [2.75, 3.05) is 0 Å². The first-order valence-electron chi connectivity index (χ1n) is 13.2. The number of rotatable bonds is 24. The summed E-state index contributed by atoms with van der Waals surface area (Å²) in [5.74, 6) is 0. The molecular weight excluding hydrogens is 324 g/mol. The third kappa shape index (κ3) is 26.0. The first kappa shape index (κ1) is 27.0. The third-order valence-corrected chi connectivity index (χ3v) is 6.02. The van der Waals surface area contributed by atoms with Crippen molar-refractivity contribution in [2.45, 2.75) is 168 Å². The average Bonchev–Trinajstić information content (AvgIpc) is 2.68. The fraction of sp³-hybridized carbons (Fsp3) is 0.963. The van der Waals surface area contributed by atoms with Crippen molar-refractivity contribution in [2.24, 2.45) is 0 Å². The Morgan fingerprint density at radius 2 is 0.519 bits per heavy atom. The Hall–Kier alpha value is 0. The second-order valence-corrected chi connectivity index (χ2v) is 8.94. The van der Waals surface area contributed by atoms with Crippen LogP contribution in [0, 0.1) is 6.42 Å². The van der Waals surface area contributed by atoms with Crippen molar-refractivity contribution in [3.63, 3.8) is 0 Å². The molecule has 27 heavy (non-hydrogen) atoms. The summed E-state index contributed by atoms with van der Waals surface area (Å²) in [5.41, 5.74) is 0. The molecule has 163 valence electrons. The third-order valence-electron chi connectivity index (χ3n) is 6.02. The van der Waals surface area contributed by atoms with Crippen LogP contribution >= 0.6 is 0 Å². The highest BCUT2D eigenvalue weighted by Crippen LogP contribution is 2.15. The Labute approximate surface area is 174 Å². The predicted octanol–water partition coefficient (Wildman–Crippen LogP) is 10.6. The zero-order chi connectivity index (χ0) is 19.7. The van der Waals surface area contributed by atoms with Gasteiger partial charge in [0.25, 0.3) is 0 Å². The molecule has 0 bridgehead atoms. The highest BCUT2D eigenvalue weighted by molar-refractivity contribution is 4.64. The van der Waals surface area contributed by atoms with Crippen LogP contribution in [0.2, 0.25) is 0 Å². The Balaban J connectivity index is 2.95. The summed E-state index contributed by atoms with van der Waals surface area (Å²) in [7, 11) is 0. The fourth-order valence-electron chi connectivity index (χ4n) is 4.05. The molecule has 0 heteroatoms. The van der Waals surface area contributed by atoms with Gasteiger partial charge in [-0.2, -0.15) is 0 Å². The van der Waals surface area contributed by atoms with Gasteiger partial charge in [0, 0.05) is 0 Å². The van der Waals surface area contributed by atoms with E-state index in [0.717, 1.165) is 0 Å². The van der Waals surface area contributed by atoms with E-state index in [2.05, 4.69) is 20.3 Å². The molecule has 0 aliphatic carbocycles. The molecule has 0 fully saturated rings. The van der Waals surface area contributed by atoms with Gasteiger partial charge in [-0.25, -0.2) is 0 Å². The van der Waals surface area contributed by atoms with Gasteiger partial charge >= 0.3 is 0 Å². The van der Waals surface area contributed by atoms with E-state index in [-0.39, 0.29) is 0 Å². The van der Waals surface area contributed by atoms with Crippen molar-refractivity contribution in [3.8, 4) is 0 Å². The van der Waals surface area contributed by atoms with Crippen LogP contribution in [-0.4, -0.2) is 0 Å². The summed E-state index contributed by atoms with van der Waals surface area (Å²) in [6.45, 7) is 4.60. The lowest BCUT2D eigenvalue weighted by Gasteiger charge is -2.04. The summed E-state index contributed by atoms with van der Waals surface area (Å²) in [4.78, 5) is 0. The largest absolute Gasteiger partial charge is 0.0654 e. The minimum Gasteiger partial charge on any atom is -0.0654 e. The van der Waals surface area contributed by atoms with Gasteiger partial charge in [0.1, 0.15) is 0 Å². The Morgan fingerprint density at radius 3 is 0.778 bits per heavy atom. The van der Waals surface area contributed by atoms with Crippen LogP contribution < -0.4 is 0 Å². The molecule has 0 aromatic rings. The number of hydrogen-bond donors (Lipinski definition) is 0. The molecule has 0 amide bonds. The maximum absolute atomic E-state index is 2.56. The summed E-state index contributed by atoms with van der Waals surface area (Å²) >= 11 is 0. The molecule has 0 atom stereocenters. The summed E-state index contributed by atoms with van der Waals surface area (Å²) in [6.07, 6.45) is 37.4. The van der Waals surface area contributed by atoms with Gasteiger partial charge in [0.15, 0.2) is 0 Å². The molecule has 0 spiro atoms.